The summed E-state index contributed by atoms with van der Waals surface area (Å²) in [7, 11) is 0. The van der Waals surface area contributed by atoms with E-state index in [2.05, 4.69) is 17.9 Å². The number of Topliss-reactive ketones (excluding diaryl/α,β-unsaturated/α-hetero) is 1. The minimum Gasteiger partial charge on any atom is -0.479 e. The monoisotopic (exact) mass is 374 g/mol. The molecular formula is C16H26N2O6S. The summed E-state index contributed by atoms with van der Waals surface area (Å²) in [5, 5.41) is 12.0. The molecular weight excluding hydrogens is 348 g/mol. The van der Waals surface area contributed by atoms with Gasteiger partial charge in [0.15, 0.2) is 5.78 Å². The minimum absolute atomic E-state index is 0.0161. The summed E-state index contributed by atoms with van der Waals surface area (Å²) in [6.07, 6.45) is -0.404. The summed E-state index contributed by atoms with van der Waals surface area (Å²) in [5.41, 5.74) is -2.70. The van der Waals surface area contributed by atoms with Gasteiger partial charge >= 0.3 is 12.1 Å². The number of ketones is 1. The van der Waals surface area contributed by atoms with Crippen LogP contribution in [0.1, 0.15) is 40.5 Å². The van der Waals surface area contributed by atoms with E-state index in [0.717, 1.165) is 4.90 Å². The third kappa shape index (κ3) is 4.87. The van der Waals surface area contributed by atoms with E-state index >= 15 is 0 Å². The minimum atomic E-state index is -1.96. The van der Waals surface area contributed by atoms with Gasteiger partial charge in [-0.25, -0.2) is 9.59 Å². The number of aliphatic carboxylic acids is 1. The average molecular weight is 374 g/mol. The van der Waals surface area contributed by atoms with Gasteiger partial charge in [-0.05, 0) is 33.6 Å². The van der Waals surface area contributed by atoms with Crippen molar-refractivity contribution in [3.63, 3.8) is 0 Å². The highest BCUT2D eigenvalue weighted by atomic mass is 32.1. The number of nitrogens with one attached hydrogen (secondary N) is 1. The maximum absolute atomic E-state index is 12.6. The van der Waals surface area contributed by atoms with Crippen LogP contribution in [0.3, 0.4) is 0 Å². The molecule has 0 aromatic carbocycles. The van der Waals surface area contributed by atoms with Crippen molar-refractivity contribution in [2.75, 3.05) is 18.8 Å². The fourth-order valence-corrected chi connectivity index (χ4v) is 2.86. The molecule has 1 saturated heterocycles. The summed E-state index contributed by atoms with van der Waals surface area (Å²) in [6, 6.07) is 0. The van der Waals surface area contributed by atoms with Crippen molar-refractivity contribution >= 4 is 36.4 Å². The molecule has 8 nitrogen and oxygen atoms in total. The second kappa shape index (κ2) is 8.07. The molecule has 1 aliphatic heterocycles. The van der Waals surface area contributed by atoms with Crippen LogP contribution in [-0.4, -0.2) is 63.7 Å². The topological polar surface area (TPSA) is 113 Å². The number of ether oxygens (including phenoxy) is 1. The van der Waals surface area contributed by atoms with E-state index in [1.807, 2.05) is 0 Å². The van der Waals surface area contributed by atoms with Gasteiger partial charge in [0.1, 0.15) is 5.60 Å². The number of amides is 2. The number of alkyl carbamates (subject to hydrolysis) is 1. The Hall–Kier alpha value is -1.77. The van der Waals surface area contributed by atoms with E-state index < -0.39 is 47.4 Å². The Kier molecular flexibility index (Phi) is 6.87. The van der Waals surface area contributed by atoms with Gasteiger partial charge in [-0.3, -0.25) is 9.59 Å². The highest BCUT2D eigenvalue weighted by Gasteiger charge is 2.55. The van der Waals surface area contributed by atoms with Crippen LogP contribution in [0.2, 0.25) is 0 Å². The number of hydrogen-bond donors (Lipinski definition) is 3. The molecule has 9 heteroatoms. The first-order valence-electron chi connectivity index (χ1n) is 8.11. The van der Waals surface area contributed by atoms with Crippen LogP contribution < -0.4 is 5.32 Å². The smallest absolute Gasteiger partial charge is 0.408 e. The van der Waals surface area contributed by atoms with E-state index in [9.17, 15) is 24.3 Å². The molecule has 0 spiro atoms. The van der Waals surface area contributed by atoms with Gasteiger partial charge < -0.3 is 20.1 Å². The predicted molar refractivity (Wildman–Crippen MR) is 93.6 cm³/mol. The van der Waals surface area contributed by atoms with Crippen molar-refractivity contribution in [3.05, 3.63) is 0 Å². The second-order valence-corrected chi connectivity index (χ2v) is 7.49. The lowest BCUT2D eigenvalue weighted by Crippen LogP contribution is -2.61. The molecule has 0 radical (unpaired) electrons. The fourth-order valence-electron chi connectivity index (χ4n) is 2.71. The van der Waals surface area contributed by atoms with Crippen LogP contribution in [-0.2, 0) is 19.1 Å². The Morgan fingerprint density at radius 2 is 1.92 bits per heavy atom. The molecule has 1 fully saturated rings. The first-order valence-corrected chi connectivity index (χ1v) is 8.75. The quantitative estimate of drug-likeness (QED) is 0.474. The Bertz CT molecular complexity index is 559. The first-order chi connectivity index (χ1) is 11.5. The van der Waals surface area contributed by atoms with Crippen molar-refractivity contribution in [1.29, 1.82) is 0 Å². The first kappa shape index (κ1) is 21.3. The highest BCUT2D eigenvalue weighted by Crippen LogP contribution is 2.32. The molecule has 0 aliphatic carbocycles. The summed E-state index contributed by atoms with van der Waals surface area (Å²) >= 11 is 4.06. The van der Waals surface area contributed by atoms with Crippen molar-refractivity contribution in [3.8, 4) is 0 Å². The normalized spacial score (nSPS) is 21.6. The number of carboxylic acid groups (broad SMARTS) is 1. The van der Waals surface area contributed by atoms with Crippen molar-refractivity contribution < 1.29 is 29.0 Å². The number of carbonyl (C=O) groups is 4. The predicted octanol–water partition coefficient (Wildman–Crippen LogP) is 1.09. The van der Waals surface area contributed by atoms with Crippen LogP contribution >= 0.6 is 12.6 Å². The zero-order valence-electron chi connectivity index (χ0n) is 15.0. The van der Waals surface area contributed by atoms with Crippen LogP contribution in [0.4, 0.5) is 4.79 Å². The zero-order chi connectivity index (χ0) is 19.4. The molecule has 0 bridgehead atoms. The Labute approximate surface area is 152 Å². The number of carboxylic acids is 1. The second-order valence-electron chi connectivity index (χ2n) is 7.12. The number of carbonyl (C=O) groups excluding carboxylic acids is 3. The summed E-state index contributed by atoms with van der Waals surface area (Å²) in [6.45, 7) is 6.29. The molecule has 25 heavy (non-hydrogen) atoms. The maximum Gasteiger partial charge on any atom is 0.408 e. The summed E-state index contributed by atoms with van der Waals surface area (Å²) in [4.78, 5) is 49.8. The van der Waals surface area contributed by atoms with Gasteiger partial charge in [0.05, 0.1) is 6.54 Å². The lowest BCUT2D eigenvalue weighted by atomic mass is 9.89. The van der Waals surface area contributed by atoms with Crippen LogP contribution in [0.15, 0.2) is 0 Å². The fraction of sp³-hybridized carbons (Fsp3) is 0.750. The molecule has 142 valence electrons. The Balaban J connectivity index is 2.94. The highest BCUT2D eigenvalue weighted by molar-refractivity contribution is 7.80. The van der Waals surface area contributed by atoms with Crippen molar-refractivity contribution in [2.45, 2.75) is 51.7 Å². The molecule has 0 saturated carbocycles. The van der Waals surface area contributed by atoms with E-state index in [0.29, 0.717) is 6.42 Å². The van der Waals surface area contributed by atoms with E-state index in [1.54, 1.807) is 27.7 Å². The van der Waals surface area contributed by atoms with Crippen molar-refractivity contribution in [1.82, 2.24) is 10.2 Å². The van der Waals surface area contributed by atoms with Gasteiger partial charge in [0, 0.05) is 18.2 Å². The molecule has 2 amide bonds. The number of rotatable bonds is 6. The lowest BCUT2D eigenvalue weighted by Gasteiger charge is -2.34. The molecule has 2 N–H and O–H groups in total. The zero-order valence-corrected chi connectivity index (χ0v) is 15.9. The molecule has 0 aromatic rings. The van der Waals surface area contributed by atoms with Gasteiger partial charge in [-0.15, -0.1) is 0 Å². The molecule has 2 atom stereocenters. The van der Waals surface area contributed by atoms with Crippen molar-refractivity contribution in [2.24, 2.45) is 5.92 Å². The number of likely N-dealkylation sites (tertiary alicyclic amines) is 1. The Morgan fingerprint density at radius 3 is 2.40 bits per heavy atom. The van der Waals surface area contributed by atoms with E-state index in [-0.39, 0.29) is 18.7 Å². The van der Waals surface area contributed by atoms with Crippen LogP contribution in [0.5, 0.6) is 0 Å². The largest absolute Gasteiger partial charge is 0.479 e. The van der Waals surface area contributed by atoms with E-state index in [1.165, 1.54) is 0 Å². The third-order valence-corrected chi connectivity index (χ3v) is 4.50. The van der Waals surface area contributed by atoms with E-state index in [4.69, 9.17) is 4.74 Å². The molecule has 1 unspecified atom stereocenters. The van der Waals surface area contributed by atoms with Gasteiger partial charge in [0.25, 0.3) is 0 Å². The molecule has 1 aliphatic rings. The summed E-state index contributed by atoms with van der Waals surface area (Å²) < 4.78 is 5.03. The van der Waals surface area contributed by atoms with Crippen LogP contribution in [0, 0.1) is 5.92 Å². The maximum atomic E-state index is 12.6. The van der Waals surface area contributed by atoms with Gasteiger partial charge in [0.2, 0.25) is 11.4 Å². The molecule has 1 rings (SSSR count). The van der Waals surface area contributed by atoms with Gasteiger partial charge in [-0.2, -0.15) is 12.6 Å². The third-order valence-electron chi connectivity index (χ3n) is 3.95. The average Bonchev–Trinajstić information content (AvgIpc) is 2.95. The summed E-state index contributed by atoms with van der Waals surface area (Å²) in [5.74, 6) is -2.83. The number of hydrogen-bond acceptors (Lipinski definition) is 6. The SMILES string of the molecule is CC(CS)C(=O)N1CCC[C@@]1(C(=O)O)C(=O)CNC(=O)OC(C)(C)C. The number of nitrogens with zero attached hydrogens (tertiary/aromatic N) is 1. The van der Waals surface area contributed by atoms with Gasteiger partial charge in [-0.1, -0.05) is 6.92 Å². The Morgan fingerprint density at radius 1 is 1.32 bits per heavy atom. The lowest BCUT2D eigenvalue weighted by molar-refractivity contribution is -0.162. The molecule has 0 aromatic heterocycles. The molecule has 1 heterocycles. The standard InChI is InChI=1S/C16H26N2O6S/c1-10(9-25)12(20)18-7-5-6-16(18,13(21)22)11(19)8-17-14(23)24-15(2,3)4/h10,25H,5-9H2,1-4H3,(H,17,23)(H,21,22)/t10?,16-/m0/s1. The number of thiol groups is 1. The van der Waals surface area contributed by atoms with Crippen LogP contribution in [0.25, 0.3) is 0 Å².